The van der Waals surface area contributed by atoms with Crippen molar-refractivity contribution in [1.29, 1.82) is 0 Å². The fourth-order valence-corrected chi connectivity index (χ4v) is 3.05. The molecule has 1 amide bonds. The van der Waals surface area contributed by atoms with Crippen molar-refractivity contribution in [3.8, 4) is 0 Å². The van der Waals surface area contributed by atoms with Crippen molar-refractivity contribution in [2.45, 2.75) is 26.7 Å². The minimum absolute atomic E-state index is 0.00738. The number of halogens is 1. The van der Waals surface area contributed by atoms with Crippen LogP contribution < -0.4 is 5.32 Å². The van der Waals surface area contributed by atoms with E-state index in [1.807, 2.05) is 38.1 Å². The van der Waals surface area contributed by atoms with Crippen LogP contribution in [0, 0.1) is 19.7 Å². The Kier molecular flexibility index (Phi) is 4.65. The Morgan fingerprint density at radius 3 is 2.75 bits per heavy atom. The lowest BCUT2D eigenvalue weighted by atomic mass is 10.1. The van der Waals surface area contributed by atoms with Crippen LogP contribution in [-0.2, 0) is 17.6 Å². The van der Waals surface area contributed by atoms with Gasteiger partial charge in [0.15, 0.2) is 0 Å². The Balaban J connectivity index is 1.62. The van der Waals surface area contributed by atoms with E-state index < -0.39 is 0 Å². The third kappa shape index (κ3) is 3.48. The van der Waals surface area contributed by atoms with E-state index in [9.17, 15) is 9.18 Å². The van der Waals surface area contributed by atoms with E-state index in [0.29, 0.717) is 19.4 Å². The zero-order valence-corrected chi connectivity index (χ0v) is 13.9. The Morgan fingerprint density at radius 2 is 1.96 bits per heavy atom. The second-order valence-corrected chi connectivity index (χ2v) is 6.12. The van der Waals surface area contributed by atoms with Gasteiger partial charge in [0.05, 0.1) is 6.42 Å². The highest BCUT2D eigenvalue weighted by Crippen LogP contribution is 2.23. The maximum atomic E-state index is 13.5. The number of hydrogen-bond donors (Lipinski definition) is 2. The van der Waals surface area contributed by atoms with Crippen molar-refractivity contribution < 1.29 is 9.18 Å². The van der Waals surface area contributed by atoms with Crippen molar-refractivity contribution in [3.05, 3.63) is 70.7 Å². The number of aromatic nitrogens is 1. The third-order valence-corrected chi connectivity index (χ3v) is 4.39. The molecule has 1 aromatic heterocycles. The number of carbonyl (C=O) groups is 1. The topological polar surface area (TPSA) is 44.9 Å². The molecular weight excluding hydrogens is 303 g/mol. The summed E-state index contributed by atoms with van der Waals surface area (Å²) >= 11 is 0. The number of aromatic amines is 1. The molecule has 0 unspecified atom stereocenters. The molecule has 3 aromatic rings. The summed E-state index contributed by atoms with van der Waals surface area (Å²) in [6, 6.07) is 12.6. The van der Waals surface area contributed by atoms with Crippen molar-refractivity contribution in [2.24, 2.45) is 0 Å². The number of fused-ring (bicyclic) bond motifs is 1. The van der Waals surface area contributed by atoms with Crippen LogP contribution in [0.2, 0.25) is 0 Å². The standard InChI is InChI=1S/C20H21FN2O/c1-13-5-3-4-6-15(13)11-20(24)22-10-9-17-14(2)23-19-8-7-16(21)12-18(17)19/h3-8,12,23H,9-11H2,1-2H3,(H,22,24). The number of carbonyl (C=O) groups excluding carboxylic acids is 1. The van der Waals surface area contributed by atoms with Crippen LogP contribution in [0.25, 0.3) is 10.9 Å². The molecule has 0 bridgehead atoms. The molecule has 0 fully saturated rings. The summed E-state index contributed by atoms with van der Waals surface area (Å²) in [7, 11) is 0. The molecule has 0 saturated heterocycles. The number of aryl methyl sites for hydroxylation is 2. The normalized spacial score (nSPS) is 11.0. The van der Waals surface area contributed by atoms with Gasteiger partial charge in [-0.3, -0.25) is 4.79 Å². The van der Waals surface area contributed by atoms with Crippen LogP contribution in [0.1, 0.15) is 22.4 Å². The molecule has 2 aromatic carbocycles. The SMILES string of the molecule is Cc1ccccc1CC(=O)NCCc1c(C)[nH]c2ccc(F)cc12. The number of rotatable bonds is 5. The van der Waals surface area contributed by atoms with Gasteiger partial charge in [-0.15, -0.1) is 0 Å². The molecule has 0 saturated carbocycles. The summed E-state index contributed by atoms with van der Waals surface area (Å²) < 4.78 is 13.5. The molecule has 24 heavy (non-hydrogen) atoms. The van der Waals surface area contributed by atoms with Gasteiger partial charge in [-0.05, 0) is 55.2 Å². The van der Waals surface area contributed by atoms with Gasteiger partial charge in [0, 0.05) is 23.1 Å². The Hall–Kier alpha value is -2.62. The van der Waals surface area contributed by atoms with Gasteiger partial charge in [0.2, 0.25) is 5.91 Å². The van der Waals surface area contributed by atoms with Crippen molar-refractivity contribution >= 4 is 16.8 Å². The minimum atomic E-state index is -0.244. The van der Waals surface area contributed by atoms with E-state index in [1.54, 1.807) is 12.1 Å². The van der Waals surface area contributed by atoms with Crippen molar-refractivity contribution in [3.63, 3.8) is 0 Å². The lowest BCUT2D eigenvalue weighted by Crippen LogP contribution is -2.27. The van der Waals surface area contributed by atoms with Crippen LogP contribution in [0.4, 0.5) is 4.39 Å². The number of amides is 1. The van der Waals surface area contributed by atoms with E-state index >= 15 is 0 Å². The first-order valence-corrected chi connectivity index (χ1v) is 8.12. The van der Waals surface area contributed by atoms with Gasteiger partial charge in [0.25, 0.3) is 0 Å². The summed E-state index contributed by atoms with van der Waals surface area (Å²) in [6.45, 7) is 4.52. The molecule has 0 spiro atoms. The molecule has 4 heteroatoms. The molecule has 3 rings (SSSR count). The van der Waals surface area contributed by atoms with Crippen LogP contribution >= 0.6 is 0 Å². The van der Waals surface area contributed by atoms with E-state index in [2.05, 4.69) is 10.3 Å². The minimum Gasteiger partial charge on any atom is -0.358 e. The Morgan fingerprint density at radius 1 is 1.17 bits per heavy atom. The van der Waals surface area contributed by atoms with E-state index in [0.717, 1.165) is 33.3 Å². The van der Waals surface area contributed by atoms with Gasteiger partial charge in [-0.1, -0.05) is 24.3 Å². The van der Waals surface area contributed by atoms with Gasteiger partial charge >= 0.3 is 0 Å². The molecule has 0 aliphatic rings. The first-order valence-electron chi connectivity index (χ1n) is 8.12. The van der Waals surface area contributed by atoms with Gasteiger partial charge in [-0.2, -0.15) is 0 Å². The first-order chi connectivity index (χ1) is 11.5. The summed E-state index contributed by atoms with van der Waals surface area (Å²) in [4.78, 5) is 15.4. The second-order valence-electron chi connectivity index (χ2n) is 6.12. The number of benzene rings is 2. The fourth-order valence-electron chi connectivity index (χ4n) is 3.05. The quantitative estimate of drug-likeness (QED) is 0.736. The van der Waals surface area contributed by atoms with Crippen LogP contribution in [0.3, 0.4) is 0 Å². The lowest BCUT2D eigenvalue weighted by Gasteiger charge is -2.08. The molecular formula is C20H21FN2O. The maximum absolute atomic E-state index is 13.5. The van der Waals surface area contributed by atoms with Crippen molar-refractivity contribution in [1.82, 2.24) is 10.3 Å². The molecule has 0 aliphatic heterocycles. The number of nitrogens with one attached hydrogen (secondary N) is 2. The molecule has 0 aliphatic carbocycles. The monoisotopic (exact) mass is 324 g/mol. The fraction of sp³-hybridized carbons (Fsp3) is 0.250. The van der Waals surface area contributed by atoms with Gasteiger partial charge < -0.3 is 10.3 Å². The van der Waals surface area contributed by atoms with E-state index in [1.165, 1.54) is 6.07 Å². The molecule has 1 heterocycles. The second kappa shape index (κ2) is 6.87. The smallest absolute Gasteiger partial charge is 0.224 e. The molecule has 2 N–H and O–H groups in total. The molecule has 0 atom stereocenters. The Bertz CT molecular complexity index is 882. The summed E-state index contributed by atoms with van der Waals surface area (Å²) in [5, 5.41) is 3.85. The largest absolute Gasteiger partial charge is 0.358 e. The van der Waals surface area contributed by atoms with Crippen LogP contribution in [0.5, 0.6) is 0 Å². The average Bonchev–Trinajstić information content (AvgIpc) is 2.85. The first kappa shape index (κ1) is 16.2. The predicted octanol–water partition coefficient (Wildman–Crippen LogP) is 3.83. The zero-order chi connectivity index (χ0) is 17.1. The highest BCUT2D eigenvalue weighted by molar-refractivity contribution is 5.85. The number of hydrogen-bond acceptors (Lipinski definition) is 1. The predicted molar refractivity (Wildman–Crippen MR) is 94.6 cm³/mol. The van der Waals surface area contributed by atoms with Crippen molar-refractivity contribution in [2.75, 3.05) is 6.54 Å². The Labute approximate surface area is 140 Å². The van der Waals surface area contributed by atoms with E-state index in [4.69, 9.17) is 0 Å². The maximum Gasteiger partial charge on any atom is 0.224 e. The highest BCUT2D eigenvalue weighted by Gasteiger charge is 2.10. The van der Waals surface area contributed by atoms with Crippen LogP contribution in [0.15, 0.2) is 42.5 Å². The van der Waals surface area contributed by atoms with Crippen LogP contribution in [-0.4, -0.2) is 17.4 Å². The van der Waals surface area contributed by atoms with E-state index in [-0.39, 0.29) is 11.7 Å². The highest BCUT2D eigenvalue weighted by atomic mass is 19.1. The zero-order valence-electron chi connectivity index (χ0n) is 13.9. The summed E-state index contributed by atoms with van der Waals surface area (Å²) in [5.74, 6) is -0.237. The average molecular weight is 324 g/mol. The third-order valence-electron chi connectivity index (χ3n) is 4.39. The molecule has 124 valence electrons. The van der Waals surface area contributed by atoms with Gasteiger partial charge in [0.1, 0.15) is 5.82 Å². The van der Waals surface area contributed by atoms with Gasteiger partial charge in [-0.25, -0.2) is 4.39 Å². The summed E-state index contributed by atoms with van der Waals surface area (Å²) in [6.07, 6.45) is 1.06. The lowest BCUT2D eigenvalue weighted by molar-refractivity contribution is -0.120. The molecule has 3 nitrogen and oxygen atoms in total. The molecule has 0 radical (unpaired) electrons. The summed E-state index contributed by atoms with van der Waals surface area (Å²) in [5.41, 5.74) is 5.16. The number of H-pyrrole nitrogens is 1.